The van der Waals surface area contributed by atoms with Crippen molar-refractivity contribution in [2.75, 3.05) is 0 Å². The summed E-state index contributed by atoms with van der Waals surface area (Å²) in [6, 6.07) is 0. The van der Waals surface area contributed by atoms with E-state index in [1.165, 1.54) is 0 Å². The Bertz CT molecular complexity index is 436. The van der Waals surface area contributed by atoms with Crippen LogP contribution in [0.3, 0.4) is 0 Å². The summed E-state index contributed by atoms with van der Waals surface area (Å²) in [4.78, 5) is 11.4. The van der Waals surface area contributed by atoms with Crippen molar-refractivity contribution in [3.8, 4) is 0 Å². The molecule has 0 unspecified atom stereocenters. The maximum atomic E-state index is 11.4. The van der Waals surface area contributed by atoms with E-state index in [1.807, 2.05) is 0 Å². The Balaban J connectivity index is 2.06. The Labute approximate surface area is 141 Å². The monoisotopic (exact) mass is 340 g/mol. The third-order valence-corrected chi connectivity index (χ3v) is 9.82. The fourth-order valence-electron chi connectivity index (χ4n) is 2.90. The molecule has 2 heterocycles. The quantitative estimate of drug-likeness (QED) is 0.413. The highest BCUT2D eigenvalue weighted by atomic mass is 28.4. The maximum absolute atomic E-state index is 11.4. The van der Waals surface area contributed by atoms with Gasteiger partial charge in [-0.1, -0.05) is 39.8 Å². The van der Waals surface area contributed by atoms with Crippen molar-refractivity contribution in [1.82, 2.24) is 0 Å². The molecule has 0 aliphatic carbocycles. The second-order valence-electron chi connectivity index (χ2n) is 8.21. The van der Waals surface area contributed by atoms with Crippen molar-refractivity contribution in [1.29, 1.82) is 0 Å². The Morgan fingerprint density at radius 1 is 1.30 bits per heavy atom. The number of hydrogen-bond donors (Lipinski definition) is 0. The number of fused-ring (bicyclic) bond motifs is 1. The van der Waals surface area contributed by atoms with Gasteiger partial charge in [-0.15, -0.1) is 0 Å². The topological polar surface area (TPSA) is 44.8 Å². The highest BCUT2D eigenvalue weighted by molar-refractivity contribution is 6.74. The lowest BCUT2D eigenvalue weighted by Gasteiger charge is -2.40. The van der Waals surface area contributed by atoms with Gasteiger partial charge in [-0.25, -0.2) is 0 Å². The molecule has 2 saturated heterocycles. The van der Waals surface area contributed by atoms with Gasteiger partial charge in [-0.3, -0.25) is 4.79 Å². The van der Waals surface area contributed by atoms with Gasteiger partial charge < -0.3 is 13.9 Å². The lowest BCUT2D eigenvalue weighted by Crippen LogP contribution is -2.47. The molecule has 0 spiro atoms. The molecule has 0 aromatic rings. The molecule has 0 bridgehead atoms. The van der Waals surface area contributed by atoms with Crippen LogP contribution in [0.2, 0.25) is 18.1 Å². The van der Waals surface area contributed by atoms with Gasteiger partial charge >= 0.3 is 5.97 Å². The van der Waals surface area contributed by atoms with Crippen LogP contribution >= 0.6 is 0 Å². The van der Waals surface area contributed by atoms with Crippen LogP contribution in [0, 0.1) is 0 Å². The van der Waals surface area contributed by atoms with Crippen molar-refractivity contribution in [3.63, 3.8) is 0 Å². The van der Waals surface area contributed by atoms with Crippen LogP contribution < -0.4 is 0 Å². The first-order valence-corrected chi connectivity index (χ1v) is 11.7. The SMILES string of the molecule is CC/C=C/C[C@H](O[Si](C)(C)C(C)(C)C)[C@H]1C[C@H]2OC(=O)C[C@H]2O1. The molecule has 2 aliphatic rings. The number of hydrogen-bond acceptors (Lipinski definition) is 4. The van der Waals surface area contributed by atoms with Gasteiger partial charge in [0.25, 0.3) is 0 Å². The Kier molecular flexibility index (Phi) is 5.75. The largest absolute Gasteiger partial charge is 0.459 e. The molecule has 2 fully saturated rings. The summed E-state index contributed by atoms with van der Waals surface area (Å²) in [5.74, 6) is -0.133. The maximum Gasteiger partial charge on any atom is 0.308 e. The van der Waals surface area contributed by atoms with E-state index in [0.29, 0.717) is 6.42 Å². The van der Waals surface area contributed by atoms with E-state index in [0.717, 1.165) is 19.3 Å². The number of esters is 1. The van der Waals surface area contributed by atoms with Crippen molar-refractivity contribution in [2.45, 2.75) is 95.9 Å². The molecule has 5 heteroatoms. The van der Waals surface area contributed by atoms with E-state index >= 15 is 0 Å². The third-order valence-electron chi connectivity index (χ3n) is 5.32. The molecular weight excluding hydrogens is 308 g/mol. The first-order valence-electron chi connectivity index (χ1n) is 8.82. The summed E-state index contributed by atoms with van der Waals surface area (Å²) >= 11 is 0. The van der Waals surface area contributed by atoms with Gasteiger partial charge in [0.1, 0.15) is 12.2 Å². The molecule has 0 amide bonds. The van der Waals surface area contributed by atoms with Crippen LogP contribution in [0.5, 0.6) is 0 Å². The van der Waals surface area contributed by atoms with E-state index in [-0.39, 0.29) is 35.4 Å². The minimum Gasteiger partial charge on any atom is -0.459 e. The van der Waals surface area contributed by atoms with Crippen LogP contribution in [0.1, 0.15) is 53.4 Å². The van der Waals surface area contributed by atoms with Crippen molar-refractivity contribution >= 4 is 14.3 Å². The highest BCUT2D eigenvalue weighted by Crippen LogP contribution is 2.40. The number of carbonyl (C=O) groups is 1. The second kappa shape index (κ2) is 7.07. The molecule has 0 saturated carbocycles. The molecule has 23 heavy (non-hydrogen) atoms. The molecule has 4 nitrogen and oxygen atoms in total. The summed E-state index contributed by atoms with van der Waals surface area (Å²) < 4.78 is 18.1. The van der Waals surface area contributed by atoms with Crippen LogP contribution in [0.15, 0.2) is 12.2 Å². The zero-order valence-electron chi connectivity index (χ0n) is 15.4. The molecule has 0 N–H and O–H groups in total. The normalized spacial score (nSPS) is 29.8. The smallest absolute Gasteiger partial charge is 0.308 e. The average Bonchev–Trinajstić information content (AvgIpc) is 2.93. The van der Waals surface area contributed by atoms with Crippen LogP contribution in [0.4, 0.5) is 0 Å². The fraction of sp³-hybridized carbons (Fsp3) is 0.833. The Hall–Kier alpha value is -0.653. The van der Waals surface area contributed by atoms with Crippen LogP contribution in [-0.2, 0) is 18.7 Å². The summed E-state index contributed by atoms with van der Waals surface area (Å²) in [6.45, 7) is 13.5. The number of allylic oxidation sites excluding steroid dienone is 1. The van der Waals surface area contributed by atoms with E-state index in [2.05, 4.69) is 52.9 Å². The third kappa shape index (κ3) is 4.46. The predicted molar refractivity (Wildman–Crippen MR) is 93.9 cm³/mol. The second-order valence-corrected chi connectivity index (χ2v) is 13.0. The number of rotatable bonds is 6. The van der Waals surface area contributed by atoms with E-state index in [4.69, 9.17) is 13.9 Å². The zero-order valence-corrected chi connectivity index (χ0v) is 16.4. The van der Waals surface area contributed by atoms with E-state index in [1.54, 1.807) is 0 Å². The molecule has 0 radical (unpaired) electrons. The highest BCUT2D eigenvalue weighted by Gasteiger charge is 2.48. The van der Waals surface area contributed by atoms with Gasteiger partial charge in [-0.05, 0) is 31.0 Å². The first kappa shape index (κ1) is 18.7. The van der Waals surface area contributed by atoms with Gasteiger partial charge in [0, 0.05) is 6.42 Å². The zero-order chi connectivity index (χ0) is 17.3. The van der Waals surface area contributed by atoms with E-state index < -0.39 is 8.32 Å². The van der Waals surface area contributed by atoms with Crippen LogP contribution in [0.25, 0.3) is 0 Å². The van der Waals surface area contributed by atoms with Crippen molar-refractivity contribution in [3.05, 3.63) is 12.2 Å². The summed E-state index contributed by atoms with van der Waals surface area (Å²) in [5.41, 5.74) is 0. The number of ether oxygens (including phenoxy) is 2. The molecule has 132 valence electrons. The van der Waals surface area contributed by atoms with E-state index in [9.17, 15) is 4.79 Å². The average molecular weight is 341 g/mol. The summed E-state index contributed by atoms with van der Waals surface area (Å²) in [7, 11) is -1.87. The first-order chi connectivity index (χ1) is 10.6. The summed E-state index contributed by atoms with van der Waals surface area (Å²) in [6.07, 6.45) is 7.32. The minimum absolute atomic E-state index is 0.0220. The lowest BCUT2D eigenvalue weighted by molar-refractivity contribution is -0.141. The Morgan fingerprint density at radius 3 is 2.57 bits per heavy atom. The fourth-order valence-corrected chi connectivity index (χ4v) is 4.26. The lowest BCUT2D eigenvalue weighted by atomic mass is 10.1. The Morgan fingerprint density at radius 2 is 2.00 bits per heavy atom. The number of carbonyl (C=O) groups excluding carboxylic acids is 1. The minimum atomic E-state index is -1.87. The molecule has 4 atom stereocenters. The predicted octanol–water partition coefficient (Wildman–Crippen LogP) is 4.21. The molecule has 2 rings (SSSR count). The van der Waals surface area contributed by atoms with Crippen LogP contribution in [-0.4, -0.2) is 38.7 Å². The molecular formula is C18H32O4Si. The molecule has 0 aromatic heterocycles. The van der Waals surface area contributed by atoms with Gasteiger partial charge in [0.05, 0.1) is 18.6 Å². The van der Waals surface area contributed by atoms with Crippen molar-refractivity contribution in [2.24, 2.45) is 0 Å². The molecule has 2 aliphatic heterocycles. The van der Waals surface area contributed by atoms with Gasteiger partial charge in [-0.2, -0.15) is 0 Å². The molecule has 0 aromatic carbocycles. The van der Waals surface area contributed by atoms with Crippen molar-refractivity contribution < 1.29 is 18.7 Å². The standard InChI is InChI=1S/C18H32O4Si/c1-7-8-9-10-13(22-23(5,6)18(2,3)4)14-11-15-16(20-14)12-17(19)21-15/h8-9,13-16H,7,10-12H2,1-6H3/b9-8+/t13-,14+,15+,16+/m0/s1. The van der Waals surface area contributed by atoms with Gasteiger partial charge in [0.15, 0.2) is 8.32 Å². The van der Waals surface area contributed by atoms with Gasteiger partial charge in [0.2, 0.25) is 0 Å². The summed E-state index contributed by atoms with van der Waals surface area (Å²) in [5, 5.41) is 0.167.